The number of ether oxygens (including phenoxy) is 2. The zero-order chi connectivity index (χ0) is 35.0. The molecule has 1 N–H and O–H groups in total. The second kappa shape index (κ2) is 16.2. The van der Waals surface area contributed by atoms with Gasteiger partial charge in [0.25, 0.3) is 10.0 Å². The summed E-state index contributed by atoms with van der Waals surface area (Å²) >= 11 is 12.5. The molecule has 4 aromatic rings. The van der Waals surface area contributed by atoms with Crippen molar-refractivity contribution in [3.8, 4) is 11.5 Å². The maximum absolute atomic E-state index is 14.5. The molecule has 254 valence electrons. The third-order valence-corrected chi connectivity index (χ3v) is 9.88. The minimum atomic E-state index is -4.47. The maximum Gasteiger partial charge on any atom is 0.264 e. The highest BCUT2D eigenvalue weighted by molar-refractivity contribution is 7.92. The Bertz CT molecular complexity index is 1840. The molecular weight excluding hydrogens is 680 g/mol. The molecule has 0 heterocycles. The standard InChI is InChI=1S/C35H36Cl2FN3O6S/c1-23(2)39-35(43)31(19-24-8-6-5-7-9-24)40(21-25-10-16-29(36)30(37)18-25)34(42)22-41(27-13-11-26(38)12-14-27)48(44,45)28-15-17-32(46-3)33(20-28)47-4/h5-18,20,23,31H,19,21-22H2,1-4H3,(H,39,43). The highest BCUT2D eigenvalue weighted by Crippen LogP contribution is 2.33. The van der Waals surface area contributed by atoms with Crippen molar-refractivity contribution < 1.29 is 31.9 Å². The highest BCUT2D eigenvalue weighted by Gasteiger charge is 2.35. The van der Waals surface area contributed by atoms with Gasteiger partial charge in [0.1, 0.15) is 18.4 Å². The quantitative estimate of drug-likeness (QED) is 0.160. The fraction of sp³-hybridized carbons (Fsp3) is 0.257. The van der Waals surface area contributed by atoms with Gasteiger partial charge in [-0.15, -0.1) is 0 Å². The number of rotatable bonds is 14. The van der Waals surface area contributed by atoms with Gasteiger partial charge in [0, 0.05) is 25.1 Å². The number of methoxy groups -OCH3 is 2. The van der Waals surface area contributed by atoms with Crippen LogP contribution in [0.1, 0.15) is 25.0 Å². The van der Waals surface area contributed by atoms with Crippen LogP contribution in [0.15, 0.2) is 95.9 Å². The van der Waals surface area contributed by atoms with Crippen LogP contribution >= 0.6 is 23.2 Å². The summed E-state index contributed by atoms with van der Waals surface area (Å²) in [4.78, 5) is 29.5. The van der Waals surface area contributed by atoms with E-state index in [-0.39, 0.29) is 40.4 Å². The van der Waals surface area contributed by atoms with Gasteiger partial charge in [-0.05, 0) is 73.5 Å². The summed E-state index contributed by atoms with van der Waals surface area (Å²) in [6, 6.07) is 21.4. The van der Waals surface area contributed by atoms with Crippen LogP contribution in [0.25, 0.3) is 0 Å². The van der Waals surface area contributed by atoms with Crippen LogP contribution < -0.4 is 19.1 Å². The number of carbonyl (C=O) groups is 2. The van der Waals surface area contributed by atoms with E-state index in [2.05, 4.69) is 5.32 Å². The molecular formula is C35H36Cl2FN3O6S. The second-order valence-corrected chi connectivity index (χ2v) is 13.8. The molecule has 4 aromatic carbocycles. The van der Waals surface area contributed by atoms with Crippen LogP contribution in [0.3, 0.4) is 0 Å². The fourth-order valence-corrected chi connectivity index (χ4v) is 6.76. The van der Waals surface area contributed by atoms with Crippen LogP contribution in [-0.4, -0.2) is 58.0 Å². The number of benzene rings is 4. The number of hydrogen-bond acceptors (Lipinski definition) is 6. The Kier molecular flexibility index (Phi) is 12.3. The molecule has 2 amide bonds. The van der Waals surface area contributed by atoms with E-state index in [1.165, 1.54) is 49.5 Å². The number of amides is 2. The molecule has 9 nitrogen and oxygen atoms in total. The largest absolute Gasteiger partial charge is 0.493 e. The van der Waals surface area contributed by atoms with Crippen molar-refractivity contribution in [3.63, 3.8) is 0 Å². The Morgan fingerprint density at radius 2 is 1.50 bits per heavy atom. The van der Waals surface area contributed by atoms with Crippen molar-refractivity contribution in [2.75, 3.05) is 25.1 Å². The molecule has 0 fully saturated rings. The van der Waals surface area contributed by atoms with E-state index in [9.17, 15) is 22.4 Å². The van der Waals surface area contributed by atoms with E-state index in [1.54, 1.807) is 32.0 Å². The van der Waals surface area contributed by atoms with Gasteiger partial charge in [-0.1, -0.05) is 59.6 Å². The van der Waals surface area contributed by atoms with Crippen molar-refractivity contribution in [2.24, 2.45) is 0 Å². The molecule has 0 aliphatic carbocycles. The first kappa shape index (κ1) is 36.5. The molecule has 1 unspecified atom stereocenters. The van der Waals surface area contributed by atoms with Crippen molar-refractivity contribution in [1.29, 1.82) is 0 Å². The SMILES string of the molecule is COc1ccc(S(=O)(=O)N(CC(=O)N(Cc2ccc(Cl)c(Cl)c2)C(Cc2ccccc2)C(=O)NC(C)C)c2ccc(F)cc2)cc1OC. The van der Waals surface area contributed by atoms with E-state index < -0.39 is 40.2 Å². The molecule has 0 bridgehead atoms. The van der Waals surface area contributed by atoms with Gasteiger partial charge in [-0.2, -0.15) is 0 Å². The molecule has 1 atom stereocenters. The highest BCUT2D eigenvalue weighted by atomic mass is 35.5. The van der Waals surface area contributed by atoms with Crippen LogP contribution in [0.4, 0.5) is 10.1 Å². The molecule has 13 heteroatoms. The lowest BCUT2D eigenvalue weighted by atomic mass is 10.0. The van der Waals surface area contributed by atoms with Crippen molar-refractivity contribution in [1.82, 2.24) is 10.2 Å². The van der Waals surface area contributed by atoms with E-state index >= 15 is 0 Å². The first-order valence-electron chi connectivity index (χ1n) is 14.9. The molecule has 0 saturated carbocycles. The number of anilines is 1. The summed E-state index contributed by atoms with van der Waals surface area (Å²) in [7, 11) is -1.69. The Labute approximate surface area is 290 Å². The molecule has 0 aromatic heterocycles. The molecule has 0 spiro atoms. The normalized spacial score (nSPS) is 11.9. The predicted octanol–water partition coefficient (Wildman–Crippen LogP) is 6.51. The van der Waals surface area contributed by atoms with E-state index in [0.29, 0.717) is 16.3 Å². The van der Waals surface area contributed by atoms with Gasteiger partial charge < -0.3 is 19.7 Å². The van der Waals surface area contributed by atoms with Crippen LogP contribution in [0.5, 0.6) is 11.5 Å². The molecule has 0 radical (unpaired) electrons. The van der Waals surface area contributed by atoms with E-state index in [0.717, 1.165) is 22.0 Å². The van der Waals surface area contributed by atoms with Crippen molar-refractivity contribution in [3.05, 3.63) is 118 Å². The zero-order valence-corrected chi connectivity index (χ0v) is 29.2. The third-order valence-electron chi connectivity index (χ3n) is 7.38. The summed E-state index contributed by atoms with van der Waals surface area (Å²) in [6.45, 7) is 2.76. The lowest BCUT2D eigenvalue weighted by Gasteiger charge is -2.34. The van der Waals surface area contributed by atoms with Crippen molar-refractivity contribution in [2.45, 2.75) is 43.8 Å². The third kappa shape index (κ3) is 8.97. The van der Waals surface area contributed by atoms with E-state index in [4.69, 9.17) is 32.7 Å². The summed E-state index contributed by atoms with van der Waals surface area (Å²) in [5.41, 5.74) is 1.37. The fourth-order valence-electron chi connectivity index (χ4n) is 5.01. The van der Waals surface area contributed by atoms with Gasteiger partial charge in [0.2, 0.25) is 11.8 Å². The number of sulfonamides is 1. The Morgan fingerprint density at radius 1 is 0.833 bits per heavy atom. The minimum absolute atomic E-state index is 0.0280. The zero-order valence-electron chi connectivity index (χ0n) is 26.8. The first-order chi connectivity index (χ1) is 22.8. The second-order valence-electron chi connectivity index (χ2n) is 11.1. The summed E-state index contributed by atoms with van der Waals surface area (Å²) in [5, 5.41) is 3.45. The van der Waals surface area contributed by atoms with Gasteiger partial charge in [-0.3, -0.25) is 13.9 Å². The average Bonchev–Trinajstić information content (AvgIpc) is 3.06. The summed E-state index contributed by atoms with van der Waals surface area (Å²) < 4.78 is 54.0. The maximum atomic E-state index is 14.5. The Balaban J connectivity index is 1.84. The molecule has 4 rings (SSSR count). The lowest BCUT2D eigenvalue weighted by molar-refractivity contribution is -0.140. The monoisotopic (exact) mass is 715 g/mol. The number of nitrogens with zero attached hydrogens (tertiary/aromatic N) is 2. The van der Waals surface area contributed by atoms with Gasteiger partial charge in [0.05, 0.1) is 34.8 Å². The predicted molar refractivity (Wildman–Crippen MR) is 185 cm³/mol. The Morgan fingerprint density at radius 3 is 2.10 bits per heavy atom. The minimum Gasteiger partial charge on any atom is -0.493 e. The average molecular weight is 717 g/mol. The first-order valence-corrected chi connectivity index (χ1v) is 17.1. The van der Waals surface area contributed by atoms with Crippen LogP contribution in [0, 0.1) is 5.82 Å². The van der Waals surface area contributed by atoms with Crippen LogP contribution in [0.2, 0.25) is 10.0 Å². The molecule has 48 heavy (non-hydrogen) atoms. The molecule has 0 saturated heterocycles. The number of nitrogens with one attached hydrogen (secondary N) is 1. The summed E-state index contributed by atoms with van der Waals surface area (Å²) in [6.07, 6.45) is 0.130. The van der Waals surface area contributed by atoms with Gasteiger partial charge in [0.15, 0.2) is 11.5 Å². The lowest BCUT2D eigenvalue weighted by Crippen LogP contribution is -2.54. The van der Waals surface area contributed by atoms with Crippen LogP contribution in [-0.2, 0) is 32.6 Å². The smallest absolute Gasteiger partial charge is 0.264 e. The molecule has 0 aliphatic rings. The van der Waals surface area contributed by atoms with Gasteiger partial charge in [-0.25, -0.2) is 12.8 Å². The number of halogens is 3. The topological polar surface area (TPSA) is 105 Å². The van der Waals surface area contributed by atoms with Gasteiger partial charge >= 0.3 is 0 Å². The Hall–Kier alpha value is -4.32. The van der Waals surface area contributed by atoms with Crippen molar-refractivity contribution >= 4 is 50.7 Å². The number of carbonyl (C=O) groups excluding carboxylic acids is 2. The molecule has 0 aliphatic heterocycles. The van der Waals surface area contributed by atoms with E-state index in [1.807, 2.05) is 30.3 Å². The summed E-state index contributed by atoms with van der Waals surface area (Å²) in [5.74, 6) is -1.28. The number of hydrogen-bond donors (Lipinski definition) is 1.